The van der Waals surface area contributed by atoms with Crippen molar-refractivity contribution < 1.29 is 9.47 Å². The van der Waals surface area contributed by atoms with Crippen molar-refractivity contribution in [3.63, 3.8) is 0 Å². The molecule has 0 aliphatic heterocycles. The van der Waals surface area contributed by atoms with E-state index in [4.69, 9.17) is 15.3 Å². The number of aromatic nitrogens is 3. The summed E-state index contributed by atoms with van der Waals surface area (Å²) in [7, 11) is 3.13. The molecule has 8 heteroatoms. The molecular formula is C13H18N6O2. The van der Waals surface area contributed by atoms with Crippen LogP contribution in [0.3, 0.4) is 0 Å². The predicted octanol–water partition coefficient (Wildman–Crippen LogP) is 0.829. The van der Waals surface area contributed by atoms with Crippen molar-refractivity contribution in [1.82, 2.24) is 15.0 Å². The van der Waals surface area contributed by atoms with Crippen LogP contribution in [0.5, 0.6) is 11.8 Å². The maximum absolute atomic E-state index is 5.29. The van der Waals surface area contributed by atoms with Gasteiger partial charge in [0.15, 0.2) is 0 Å². The summed E-state index contributed by atoms with van der Waals surface area (Å²) in [5.74, 6) is 6.77. The number of hydrogen-bond acceptors (Lipinski definition) is 8. The van der Waals surface area contributed by atoms with Gasteiger partial charge in [0.1, 0.15) is 5.75 Å². The number of nitrogens with two attached hydrogens (primary N) is 1. The third-order valence-corrected chi connectivity index (χ3v) is 2.76. The molecule has 4 N–H and O–H groups in total. The normalized spacial score (nSPS) is 10.0. The van der Waals surface area contributed by atoms with Crippen molar-refractivity contribution in [2.45, 2.75) is 6.42 Å². The predicted molar refractivity (Wildman–Crippen MR) is 79.4 cm³/mol. The highest BCUT2D eigenvalue weighted by Gasteiger charge is 2.05. The molecule has 0 aliphatic carbocycles. The molecule has 8 nitrogen and oxygen atoms in total. The fraction of sp³-hybridized carbons (Fsp3) is 0.308. The Hall–Kier alpha value is -2.61. The number of hydrazine groups is 1. The molecule has 112 valence electrons. The summed E-state index contributed by atoms with van der Waals surface area (Å²) in [5.41, 5.74) is 3.52. The van der Waals surface area contributed by atoms with Gasteiger partial charge in [-0.15, -0.1) is 0 Å². The molecule has 1 aromatic heterocycles. The van der Waals surface area contributed by atoms with E-state index in [2.05, 4.69) is 25.7 Å². The Kier molecular flexibility index (Phi) is 5.10. The van der Waals surface area contributed by atoms with Crippen LogP contribution in [0.1, 0.15) is 5.56 Å². The quantitative estimate of drug-likeness (QED) is 0.508. The van der Waals surface area contributed by atoms with E-state index in [0.29, 0.717) is 12.5 Å². The van der Waals surface area contributed by atoms with E-state index in [1.165, 1.54) is 7.11 Å². The molecule has 2 rings (SSSR count). The monoisotopic (exact) mass is 290 g/mol. The van der Waals surface area contributed by atoms with Crippen molar-refractivity contribution >= 4 is 11.9 Å². The maximum atomic E-state index is 5.29. The van der Waals surface area contributed by atoms with E-state index in [0.717, 1.165) is 17.7 Å². The molecule has 21 heavy (non-hydrogen) atoms. The highest BCUT2D eigenvalue weighted by atomic mass is 16.5. The molecule has 0 amide bonds. The molecule has 0 radical (unpaired) electrons. The Morgan fingerprint density at radius 3 is 2.62 bits per heavy atom. The first-order chi connectivity index (χ1) is 10.2. The standard InChI is InChI=1S/C13H18N6O2/c1-20-10-5-3-4-9(8-10)6-7-15-11-16-12(19-14)18-13(17-11)21-2/h3-5,8H,6-7,14H2,1-2H3,(H2,15,16,17,18,19). The number of rotatable bonds is 7. The fourth-order valence-corrected chi connectivity index (χ4v) is 1.74. The average Bonchev–Trinajstić information content (AvgIpc) is 2.54. The molecule has 0 spiro atoms. The lowest BCUT2D eigenvalue weighted by Crippen LogP contribution is -2.15. The number of anilines is 2. The molecule has 0 aliphatic rings. The molecule has 0 bridgehead atoms. The highest BCUT2D eigenvalue weighted by molar-refractivity contribution is 5.35. The molecule has 0 fully saturated rings. The van der Waals surface area contributed by atoms with Crippen LogP contribution >= 0.6 is 0 Å². The number of methoxy groups -OCH3 is 2. The summed E-state index contributed by atoms with van der Waals surface area (Å²) in [6.45, 7) is 0.657. The van der Waals surface area contributed by atoms with Crippen molar-refractivity contribution in [1.29, 1.82) is 0 Å². The Balaban J connectivity index is 1.96. The Labute approximate surface area is 122 Å². The average molecular weight is 290 g/mol. The number of hydrogen-bond donors (Lipinski definition) is 3. The molecule has 1 heterocycles. The molecular weight excluding hydrogens is 272 g/mol. The minimum absolute atomic E-state index is 0.196. The molecule has 0 atom stereocenters. The van der Waals surface area contributed by atoms with Crippen LogP contribution in [0, 0.1) is 0 Å². The number of ether oxygens (including phenoxy) is 2. The molecule has 2 aromatic rings. The van der Waals surface area contributed by atoms with Gasteiger partial charge >= 0.3 is 6.01 Å². The van der Waals surface area contributed by atoms with E-state index < -0.39 is 0 Å². The van der Waals surface area contributed by atoms with Crippen LogP contribution in [0.15, 0.2) is 24.3 Å². The van der Waals surface area contributed by atoms with Gasteiger partial charge in [0.25, 0.3) is 0 Å². The van der Waals surface area contributed by atoms with Crippen molar-refractivity contribution in [2.75, 3.05) is 31.5 Å². The van der Waals surface area contributed by atoms with E-state index in [9.17, 15) is 0 Å². The third kappa shape index (κ3) is 4.18. The van der Waals surface area contributed by atoms with Crippen LogP contribution in [-0.4, -0.2) is 35.7 Å². The lowest BCUT2D eigenvalue weighted by molar-refractivity contribution is 0.379. The van der Waals surface area contributed by atoms with Gasteiger partial charge in [-0.25, -0.2) is 5.84 Å². The smallest absolute Gasteiger partial charge is 0.322 e. The summed E-state index contributed by atoms with van der Waals surface area (Å²) < 4.78 is 10.2. The van der Waals surface area contributed by atoms with Crippen molar-refractivity contribution in [3.05, 3.63) is 29.8 Å². The second-order valence-electron chi connectivity index (χ2n) is 4.14. The third-order valence-electron chi connectivity index (χ3n) is 2.76. The molecule has 0 unspecified atom stereocenters. The van der Waals surface area contributed by atoms with E-state index in [1.807, 2.05) is 24.3 Å². The lowest BCUT2D eigenvalue weighted by Gasteiger charge is -2.08. The topological polar surface area (TPSA) is 107 Å². The van der Waals surface area contributed by atoms with Gasteiger partial charge in [-0.05, 0) is 24.1 Å². The van der Waals surface area contributed by atoms with Crippen molar-refractivity contribution in [2.24, 2.45) is 5.84 Å². The number of nitrogens with zero attached hydrogens (tertiary/aromatic N) is 3. The first kappa shape index (κ1) is 14.8. The lowest BCUT2D eigenvalue weighted by atomic mass is 10.1. The maximum Gasteiger partial charge on any atom is 0.322 e. The second-order valence-corrected chi connectivity index (χ2v) is 4.14. The number of benzene rings is 1. The largest absolute Gasteiger partial charge is 0.497 e. The van der Waals surface area contributed by atoms with Gasteiger partial charge in [-0.1, -0.05) is 12.1 Å². The first-order valence-electron chi connectivity index (χ1n) is 6.38. The van der Waals surface area contributed by atoms with Crippen LogP contribution in [0.25, 0.3) is 0 Å². The minimum Gasteiger partial charge on any atom is -0.497 e. The zero-order chi connectivity index (χ0) is 15.1. The van der Waals surface area contributed by atoms with E-state index in [-0.39, 0.29) is 12.0 Å². The Morgan fingerprint density at radius 2 is 1.90 bits per heavy atom. The van der Waals surface area contributed by atoms with Gasteiger partial charge in [0.2, 0.25) is 11.9 Å². The zero-order valence-electron chi connectivity index (χ0n) is 12.0. The molecule has 0 saturated heterocycles. The van der Waals surface area contributed by atoms with Gasteiger partial charge < -0.3 is 14.8 Å². The van der Waals surface area contributed by atoms with Crippen LogP contribution in [0.2, 0.25) is 0 Å². The van der Waals surface area contributed by atoms with E-state index in [1.54, 1.807) is 7.11 Å². The van der Waals surface area contributed by atoms with Crippen molar-refractivity contribution in [3.8, 4) is 11.8 Å². The SMILES string of the molecule is COc1cccc(CCNc2nc(NN)nc(OC)n2)c1. The summed E-state index contributed by atoms with van der Waals surface area (Å²) in [5, 5.41) is 3.10. The van der Waals surface area contributed by atoms with Gasteiger partial charge in [-0.2, -0.15) is 15.0 Å². The van der Waals surface area contributed by atoms with Gasteiger partial charge in [-0.3, -0.25) is 5.43 Å². The summed E-state index contributed by atoms with van der Waals surface area (Å²) in [6.07, 6.45) is 0.802. The van der Waals surface area contributed by atoms with E-state index >= 15 is 0 Å². The van der Waals surface area contributed by atoms with Crippen LogP contribution in [0.4, 0.5) is 11.9 Å². The Bertz CT molecular complexity index is 570. The van der Waals surface area contributed by atoms with Crippen LogP contribution < -0.4 is 26.1 Å². The second kappa shape index (κ2) is 7.25. The number of nitrogens with one attached hydrogen (secondary N) is 2. The Morgan fingerprint density at radius 1 is 1.10 bits per heavy atom. The van der Waals surface area contributed by atoms with Crippen LogP contribution in [-0.2, 0) is 6.42 Å². The first-order valence-corrected chi connectivity index (χ1v) is 6.38. The molecule has 1 aromatic carbocycles. The highest BCUT2D eigenvalue weighted by Crippen LogP contribution is 2.13. The summed E-state index contributed by atoms with van der Waals surface area (Å²) >= 11 is 0. The van der Waals surface area contributed by atoms with Gasteiger partial charge in [0.05, 0.1) is 14.2 Å². The summed E-state index contributed by atoms with van der Waals surface area (Å²) in [6, 6.07) is 8.08. The fourth-order valence-electron chi connectivity index (χ4n) is 1.74. The molecule has 0 saturated carbocycles. The number of nitrogen functional groups attached to an aromatic ring is 1. The summed E-state index contributed by atoms with van der Waals surface area (Å²) in [4.78, 5) is 12.1. The minimum atomic E-state index is 0.196. The van der Waals surface area contributed by atoms with Gasteiger partial charge in [0, 0.05) is 6.54 Å². The zero-order valence-corrected chi connectivity index (χ0v) is 12.0.